The van der Waals surface area contributed by atoms with Gasteiger partial charge in [-0.05, 0) is 64.8 Å². The van der Waals surface area contributed by atoms with Crippen LogP contribution in [0.4, 0.5) is 5.69 Å². The van der Waals surface area contributed by atoms with E-state index in [4.69, 9.17) is 18.6 Å². The Bertz CT molecular complexity index is 1480. The summed E-state index contributed by atoms with van der Waals surface area (Å²) >= 11 is 3.46. The highest BCUT2D eigenvalue weighted by Crippen LogP contribution is 2.33. The van der Waals surface area contributed by atoms with Crippen LogP contribution in [0.5, 0.6) is 17.2 Å². The van der Waals surface area contributed by atoms with Crippen molar-refractivity contribution in [2.24, 2.45) is 5.10 Å². The van der Waals surface area contributed by atoms with Gasteiger partial charge in [-0.3, -0.25) is 14.9 Å². The van der Waals surface area contributed by atoms with Crippen molar-refractivity contribution in [2.75, 3.05) is 13.7 Å². The molecule has 1 N–H and O–H groups in total. The summed E-state index contributed by atoms with van der Waals surface area (Å²) in [6, 6.07) is 16.5. The molecule has 0 radical (unpaired) electrons. The molecule has 0 bridgehead atoms. The zero-order valence-corrected chi connectivity index (χ0v) is 21.5. The van der Waals surface area contributed by atoms with Crippen molar-refractivity contribution in [3.05, 3.63) is 92.1 Å². The van der Waals surface area contributed by atoms with Crippen LogP contribution in [0.25, 0.3) is 11.0 Å². The number of carbonyl (C=O) groups is 1. The number of benzene rings is 3. The summed E-state index contributed by atoms with van der Waals surface area (Å²) < 4.78 is 23.0. The second-order valence-electron chi connectivity index (χ2n) is 7.68. The van der Waals surface area contributed by atoms with Gasteiger partial charge in [-0.25, -0.2) is 5.43 Å². The van der Waals surface area contributed by atoms with Gasteiger partial charge >= 0.3 is 5.91 Å². The Labute approximate surface area is 220 Å². The van der Waals surface area contributed by atoms with Gasteiger partial charge in [0.15, 0.2) is 17.3 Å². The molecule has 4 aromatic rings. The smallest absolute Gasteiger partial charge is 0.307 e. The molecule has 37 heavy (non-hydrogen) atoms. The fraction of sp³-hybridized carbons (Fsp3) is 0.154. The molecule has 0 spiro atoms. The van der Waals surface area contributed by atoms with Crippen LogP contribution in [0.1, 0.15) is 28.6 Å². The molecule has 1 aromatic heterocycles. The number of rotatable bonds is 10. The van der Waals surface area contributed by atoms with Crippen molar-refractivity contribution in [3.63, 3.8) is 0 Å². The average Bonchev–Trinajstić information content (AvgIpc) is 3.32. The van der Waals surface area contributed by atoms with Gasteiger partial charge < -0.3 is 18.6 Å². The number of hydrogen-bond donors (Lipinski definition) is 1. The summed E-state index contributed by atoms with van der Waals surface area (Å²) in [5, 5.41) is 15.7. The van der Waals surface area contributed by atoms with Gasteiger partial charge in [0.2, 0.25) is 0 Å². The number of methoxy groups -OCH3 is 1. The first-order chi connectivity index (χ1) is 17.9. The molecule has 1 heterocycles. The third kappa shape index (κ3) is 6.25. The Balaban J connectivity index is 1.43. The number of nitro groups is 1. The van der Waals surface area contributed by atoms with Crippen LogP contribution in [0.2, 0.25) is 0 Å². The molecular weight excluding hydrogens is 546 g/mol. The van der Waals surface area contributed by atoms with Gasteiger partial charge in [-0.15, -0.1) is 0 Å². The molecule has 0 saturated heterocycles. The van der Waals surface area contributed by atoms with Crippen LogP contribution in [0.15, 0.2) is 74.7 Å². The van der Waals surface area contributed by atoms with Gasteiger partial charge in [0.1, 0.15) is 17.9 Å². The largest absolute Gasteiger partial charge is 0.494 e. The van der Waals surface area contributed by atoms with E-state index in [1.54, 1.807) is 48.5 Å². The Morgan fingerprint density at radius 2 is 1.97 bits per heavy atom. The van der Waals surface area contributed by atoms with Crippen LogP contribution in [0, 0.1) is 10.1 Å². The normalized spacial score (nSPS) is 11.0. The maximum absolute atomic E-state index is 12.5. The lowest BCUT2D eigenvalue weighted by molar-refractivity contribution is -0.384. The van der Waals surface area contributed by atoms with E-state index in [0.29, 0.717) is 45.0 Å². The number of fused-ring (bicyclic) bond motifs is 1. The molecule has 190 valence electrons. The minimum Gasteiger partial charge on any atom is -0.494 e. The quantitative estimate of drug-likeness (QED) is 0.144. The number of halogens is 1. The number of hydrogen-bond acceptors (Lipinski definition) is 8. The fourth-order valence-electron chi connectivity index (χ4n) is 3.45. The van der Waals surface area contributed by atoms with Crippen LogP contribution in [-0.2, 0) is 6.61 Å². The number of nitrogens with one attached hydrogen (secondary N) is 1. The lowest BCUT2D eigenvalue weighted by Gasteiger charge is -2.12. The molecule has 11 heteroatoms. The summed E-state index contributed by atoms with van der Waals surface area (Å²) in [5.41, 5.74) is 4.25. The summed E-state index contributed by atoms with van der Waals surface area (Å²) in [5.74, 6) is 1.14. The van der Waals surface area contributed by atoms with Crippen LogP contribution >= 0.6 is 15.9 Å². The summed E-state index contributed by atoms with van der Waals surface area (Å²) in [4.78, 5) is 23.0. The Hall–Kier alpha value is -4.38. The predicted molar refractivity (Wildman–Crippen MR) is 141 cm³/mol. The van der Waals surface area contributed by atoms with Gasteiger partial charge in [0, 0.05) is 27.6 Å². The lowest BCUT2D eigenvalue weighted by atomic mass is 10.2. The van der Waals surface area contributed by atoms with Crippen molar-refractivity contribution in [3.8, 4) is 17.2 Å². The highest BCUT2D eigenvalue weighted by atomic mass is 79.9. The van der Waals surface area contributed by atoms with Crippen molar-refractivity contribution >= 4 is 44.7 Å². The summed E-state index contributed by atoms with van der Waals surface area (Å²) in [6.45, 7) is 2.54. The van der Waals surface area contributed by atoms with Crippen molar-refractivity contribution in [1.82, 2.24) is 5.43 Å². The number of nitrogens with zero attached hydrogens (tertiary/aromatic N) is 2. The molecule has 10 nitrogen and oxygen atoms in total. The maximum atomic E-state index is 12.5. The number of furan rings is 1. The number of carbonyl (C=O) groups excluding carboxylic acids is 1. The summed E-state index contributed by atoms with van der Waals surface area (Å²) in [7, 11) is 1.49. The molecule has 3 aromatic carbocycles. The molecule has 0 unspecified atom stereocenters. The number of non-ortho nitro benzene ring substituents is 1. The first kappa shape index (κ1) is 25.7. The van der Waals surface area contributed by atoms with Gasteiger partial charge in [0.05, 0.1) is 24.9 Å². The first-order valence-corrected chi connectivity index (χ1v) is 11.9. The van der Waals surface area contributed by atoms with E-state index >= 15 is 0 Å². The van der Waals surface area contributed by atoms with Crippen LogP contribution in [-0.4, -0.2) is 30.8 Å². The third-order valence-electron chi connectivity index (χ3n) is 5.19. The first-order valence-electron chi connectivity index (χ1n) is 11.1. The van der Waals surface area contributed by atoms with Crippen LogP contribution < -0.4 is 19.6 Å². The number of hydrazone groups is 1. The van der Waals surface area contributed by atoms with E-state index in [1.807, 2.05) is 6.92 Å². The van der Waals surface area contributed by atoms with E-state index in [2.05, 4.69) is 26.5 Å². The molecule has 0 aliphatic rings. The van der Waals surface area contributed by atoms with Crippen molar-refractivity contribution in [1.29, 1.82) is 0 Å². The van der Waals surface area contributed by atoms with Crippen LogP contribution in [0.3, 0.4) is 0 Å². The zero-order chi connectivity index (χ0) is 26.4. The van der Waals surface area contributed by atoms with Gasteiger partial charge in [-0.2, -0.15) is 5.10 Å². The highest BCUT2D eigenvalue weighted by Gasteiger charge is 2.14. The Morgan fingerprint density at radius 1 is 1.14 bits per heavy atom. The molecule has 0 fully saturated rings. The maximum Gasteiger partial charge on any atom is 0.307 e. The van der Waals surface area contributed by atoms with Crippen molar-refractivity contribution < 1.29 is 28.3 Å². The average molecular weight is 568 g/mol. The second kappa shape index (κ2) is 11.6. The monoisotopic (exact) mass is 567 g/mol. The van der Waals surface area contributed by atoms with Crippen molar-refractivity contribution in [2.45, 2.75) is 13.5 Å². The van der Waals surface area contributed by atoms with Gasteiger partial charge in [0.25, 0.3) is 5.69 Å². The van der Waals surface area contributed by atoms with E-state index in [0.717, 1.165) is 5.39 Å². The highest BCUT2D eigenvalue weighted by molar-refractivity contribution is 9.10. The minimum atomic E-state index is -0.509. The third-order valence-corrected chi connectivity index (χ3v) is 5.88. The van der Waals surface area contributed by atoms with E-state index in [9.17, 15) is 14.9 Å². The van der Waals surface area contributed by atoms with E-state index in [-0.39, 0.29) is 18.1 Å². The van der Waals surface area contributed by atoms with E-state index in [1.165, 1.54) is 25.5 Å². The van der Waals surface area contributed by atoms with Gasteiger partial charge in [-0.1, -0.05) is 12.1 Å². The number of amides is 1. The van der Waals surface area contributed by atoms with E-state index < -0.39 is 10.8 Å². The SMILES string of the molecule is CCOc1ccc2oc(C(=O)N/N=C/c3cc(OC)c(OCc4cccc([N+](=O)[O-])c4)cc3Br)cc2c1. The fourth-order valence-corrected chi connectivity index (χ4v) is 3.87. The molecular formula is C26H22BrN3O7. The molecule has 4 rings (SSSR count). The second-order valence-corrected chi connectivity index (χ2v) is 8.54. The Morgan fingerprint density at radius 3 is 2.73 bits per heavy atom. The topological polar surface area (TPSA) is 125 Å². The lowest BCUT2D eigenvalue weighted by Crippen LogP contribution is -2.16. The molecule has 0 aliphatic heterocycles. The molecule has 0 atom stereocenters. The standard InChI is InChI=1S/C26H22BrN3O7/c1-3-35-20-7-8-22-17(10-20)11-25(37-22)26(31)29-28-14-18-12-23(34-2)24(13-21(18)27)36-15-16-5-4-6-19(9-16)30(32)33/h4-14H,3,15H2,1-2H3,(H,29,31)/b28-14+. The predicted octanol–water partition coefficient (Wildman–Crippen LogP) is 5.85. The number of nitro benzene ring substituents is 1. The number of ether oxygens (including phenoxy) is 3. The Kier molecular flexibility index (Phi) is 8.04. The molecule has 0 aliphatic carbocycles. The summed E-state index contributed by atoms with van der Waals surface area (Å²) in [6.07, 6.45) is 1.45. The molecule has 1 amide bonds. The zero-order valence-electron chi connectivity index (χ0n) is 19.9. The minimum absolute atomic E-state index is 0.0132. The molecule has 0 saturated carbocycles.